The van der Waals surface area contributed by atoms with E-state index in [0.717, 1.165) is 16.5 Å². The van der Waals surface area contributed by atoms with Gasteiger partial charge in [0.1, 0.15) is 18.5 Å². The van der Waals surface area contributed by atoms with Gasteiger partial charge in [0.05, 0.1) is 0 Å². The third kappa shape index (κ3) is 4.67. The lowest BCUT2D eigenvalue weighted by Crippen LogP contribution is -2.35. The molecule has 0 amide bonds. The van der Waals surface area contributed by atoms with E-state index in [2.05, 4.69) is 31.3 Å². The van der Waals surface area contributed by atoms with Crippen LogP contribution >= 0.6 is 12.4 Å². The maximum absolute atomic E-state index is 9.84. The monoisotopic (exact) mass is 295 g/mol. The highest BCUT2D eigenvalue weighted by atomic mass is 35.5. The lowest BCUT2D eigenvalue weighted by atomic mass is 10.1. The van der Waals surface area contributed by atoms with E-state index in [9.17, 15) is 5.11 Å². The molecule has 0 bridgehead atoms. The number of ether oxygens (including phenoxy) is 1. The Hall–Kier alpha value is -1.29. The highest BCUT2D eigenvalue weighted by Gasteiger charge is 2.07. The van der Waals surface area contributed by atoms with Gasteiger partial charge < -0.3 is 15.2 Å². The van der Waals surface area contributed by atoms with Crippen molar-refractivity contribution in [1.29, 1.82) is 0 Å². The van der Waals surface area contributed by atoms with Crippen LogP contribution in [0.25, 0.3) is 10.8 Å². The van der Waals surface area contributed by atoms with Crippen LogP contribution in [0.4, 0.5) is 0 Å². The van der Waals surface area contributed by atoms with Crippen molar-refractivity contribution >= 4 is 23.2 Å². The normalized spacial score (nSPS) is 12.2. The first-order chi connectivity index (χ1) is 9.16. The number of halogens is 1. The van der Waals surface area contributed by atoms with E-state index in [4.69, 9.17) is 4.74 Å². The van der Waals surface area contributed by atoms with Crippen LogP contribution in [-0.2, 0) is 0 Å². The summed E-state index contributed by atoms with van der Waals surface area (Å²) in [4.78, 5) is 0. The van der Waals surface area contributed by atoms with Gasteiger partial charge in [-0.2, -0.15) is 0 Å². The molecule has 0 spiro atoms. The summed E-state index contributed by atoms with van der Waals surface area (Å²) in [6.45, 7) is 4.95. The molecule has 0 heterocycles. The molecule has 2 aromatic carbocycles. The van der Waals surface area contributed by atoms with Crippen molar-refractivity contribution in [2.75, 3.05) is 13.2 Å². The minimum Gasteiger partial charge on any atom is -0.490 e. The number of hydrogen-bond donors (Lipinski definition) is 2. The van der Waals surface area contributed by atoms with Gasteiger partial charge in [0.25, 0.3) is 0 Å². The molecular formula is C16H22ClNO2. The predicted molar refractivity (Wildman–Crippen MR) is 85.8 cm³/mol. The summed E-state index contributed by atoms with van der Waals surface area (Å²) in [5, 5.41) is 15.3. The van der Waals surface area contributed by atoms with Crippen LogP contribution in [0, 0.1) is 0 Å². The van der Waals surface area contributed by atoms with Crippen molar-refractivity contribution in [2.24, 2.45) is 0 Å². The van der Waals surface area contributed by atoms with Crippen molar-refractivity contribution in [2.45, 2.75) is 26.0 Å². The number of aliphatic hydroxyl groups is 1. The third-order valence-electron chi connectivity index (χ3n) is 2.94. The van der Waals surface area contributed by atoms with Gasteiger partial charge in [-0.05, 0) is 11.5 Å². The maximum Gasteiger partial charge on any atom is 0.127 e. The average Bonchev–Trinajstić information content (AvgIpc) is 2.42. The summed E-state index contributed by atoms with van der Waals surface area (Å²) in [7, 11) is 0. The van der Waals surface area contributed by atoms with Gasteiger partial charge in [-0.1, -0.05) is 50.2 Å². The molecule has 4 heteroatoms. The Kier molecular flexibility index (Phi) is 6.79. The Morgan fingerprint density at radius 3 is 2.55 bits per heavy atom. The van der Waals surface area contributed by atoms with Gasteiger partial charge in [0.2, 0.25) is 0 Å². The number of rotatable bonds is 6. The standard InChI is InChI=1S/C16H21NO2.ClH/c1-12(2)17-10-14(18)11-19-16-9-5-7-13-6-3-4-8-15(13)16;/h3-9,12,14,17-18H,10-11H2,1-2H3;1H/t14-;/m1./s1. The zero-order valence-corrected chi connectivity index (χ0v) is 12.7. The first kappa shape index (κ1) is 16.8. The molecule has 0 aliphatic heterocycles. The van der Waals surface area contributed by atoms with E-state index in [1.165, 1.54) is 0 Å². The van der Waals surface area contributed by atoms with Crippen LogP contribution in [-0.4, -0.2) is 30.4 Å². The summed E-state index contributed by atoms with van der Waals surface area (Å²) in [6.07, 6.45) is -0.499. The van der Waals surface area contributed by atoms with Crippen LogP contribution in [0.2, 0.25) is 0 Å². The van der Waals surface area contributed by atoms with Crippen molar-refractivity contribution in [3.8, 4) is 5.75 Å². The van der Waals surface area contributed by atoms with E-state index < -0.39 is 6.10 Å². The summed E-state index contributed by atoms with van der Waals surface area (Å²) in [6, 6.07) is 14.4. The largest absolute Gasteiger partial charge is 0.490 e. The number of aliphatic hydroxyl groups excluding tert-OH is 1. The maximum atomic E-state index is 9.84. The number of hydrogen-bond acceptors (Lipinski definition) is 3. The molecule has 0 aromatic heterocycles. The Morgan fingerprint density at radius 1 is 1.10 bits per heavy atom. The van der Waals surface area contributed by atoms with E-state index in [1.54, 1.807) is 0 Å². The van der Waals surface area contributed by atoms with Crippen LogP contribution in [0.1, 0.15) is 13.8 Å². The van der Waals surface area contributed by atoms with Gasteiger partial charge in [-0.25, -0.2) is 0 Å². The molecule has 2 aromatic rings. The van der Waals surface area contributed by atoms with E-state index >= 15 is 0 Å². The van der Waals surface area contributed by atoms with Gasteiger partial charge in [-0.15, -0.1) is 12.4 Å². The molecule has 0 saturated heterocycles. The van der Waals surface area contributed by atoms with E-state index in [0.29, 0.717) is 19.2 Å². The molecule has 0 radical (unpaired) electrons. The minimum absolute atomic E-state index is 0. The molecule has 0 saturated carbocycles. The van der Waals surface area contributed by atoms with Crippen molar-refractivity contribution < 1.29 is 9.84 Å². The SMILES string of the molecule is CC(C)NC[C@@H](O)COc1cccc2ccccc12.Cl. The van der Waals surface area contributed by atoms with E-state index in [1.807, 2.05) is 30.3 Å². The van der Waals surface area contributed by atoms with Crippen LogP contribution in [0.15, 0.2) is 42.5 Å². The summed E-state index contributed by atoms with van der Waals surface area (Å²) < 4.78 is 5.72. The first-order valence-electron chi connectivity index (χ1n) is 6.69. The molecule has 2 N–H and O–H groups in total. The smallest absolute Gasteiger partial charge is 0.127 e. The Balaban J connectivity index is 0.00000200. The topological polar surface area (TPSA) is 41.5 Å². The molecule has 0 unspecified atom stereocenters. The second-order valence-electron chi connectivity index (χ2n) is 5.01. The number of benzene rings is 2. The molecule has 2 rings (SSSR count). The highest BCUT2D eigenvalue weighted by molar-refractivity contribution is 5.88. The number of fused-ring (bicyclic) bond motifs is 1. The molecule has 20 heavy (non-hydrogen) atoms. The zero-order valence-electron chi connectivity index (χ0n) is 11.9. The summed E-state index contributed by atoms with van der Waals surface area (Å²) in [5.41, 5.74) is 0. The van der Waals surface area contributed by atoms with Gasteiger partial charge >= 0.3 is 0 Å². The number of nitrogens with one attached hydrogen (secondary N) is 1. The second-order valence-corrected chi connectivity index (χ2v) is 5.01. The van der Waals surface area contributed by atoms with Crippen molar-refractivity contribution in [3.63, 3.8) is 0 Å². The van der Waals surface area contributed by atoms with E-state index in [-0.39, 0.29) is 12.4 Å². The quantitative estimate of drug-likeness (QED) is 0.861. The van der Waals surface area contributed by atoms with Crippen LogP contribution < -0.4 is 10.1 Å². The summed E-state index contributed by atoms with van der Waals surface area (Å²) in [5.74, 6) is 0.821. The fourth-order valence-corrected chi connectivity index (χ4v) is 1.94. The Morgan fingerprint density at radius 2 is 1.80 bits per heavy atom. The van der Waals surface area contributed by atoms with Crippen LogP contribution in [0.3, 0.4) is 0 Å². The Bertz CT molecular complexity index is 525. The summed E-state index contributed by atoms with van der Waals surface area (Å²) >= 11 is 0. The Labute approximate surface area is 126 Å². The van der Waals surface area contributed by atoms with Crippen molar-refractivity contribution in [3.05, 3.63) is 42.5 Å². The molecule has 110 valence electrons. The van der Waals surface area contributed by atoms with Gasteiger partial charge in [0.15, 0.2) is 0 Å². The second kappa shape index (κ2) is 8.10. The molecular weight excluding hydrogens is 274 g/mol. The molecule has 0 fully saturated rings. The minimum atomic E-state index is -0.499. The molecule has 1 atom stereocenters. The predicted octanol–water partition coefficient (Wildman–Crippen LogP) is 3.00. The zero-order chi connectivity index (χ0) is 13.7. The van der Waals surface area contributed by atoms with Crippen LogP contribution in [0.5, 0.6) is 5.75 Å². The average molecular weight is 296 g/mol. The molecule has 0 aliphatic rings. The lowest BCUT2D eigenvalue weighted by Gasteiger charge is -2.15. The van der Waals surface area contributed by atoms with Gasteiger partial charge in [-0.3, -0.25) is 0 Å². The lowest BCUT2D eigenvalue weighted by molar-refractivity contribution is 0.105. The molecule has 0 aliphatic carbocycles. The first-order valence-corrected chi connectivity index (χ1v) is 6.69. The van der Waals surface area contributed by atoms with Crippen molar-refractivity contribution in [1.82, 2.24) is 5.32 Å². The highest BCUT2D eigenvalue weighted by Crippen LogP contribution is 2.25. The fourth-order valence-electron chi connectivity index (χ4n) is 1.94. The van der Waals surface area contributed by atoms with Gasteiger partial charge in [0, 0.05) is 18.0 Å². The third-order valence-corrected chi connectivity index (χ3v) is 2.94. The fraction of sp³-hybridized carbons (Fsp3) is 0.375. The molecule has 3 nitrogen and oxygen atoms in total.